The molecule has 1 amide bonds. The normalized spacial score (nSPS) is 9.94. The third kappa shape index (κ3) is 2.10. The lowest BCUT2D eigenvalue weighted by Gasteiger charge is -2.05. The molecule has 1 aromatic carbocycles. The Morgan fingerprint density at radius 2 is 2.00 bits per heavy atom. The van der Waals surface area contributed by atoms with E-state index in [4.69, 9.17) is 4.42 Å². The summed E-state index contributed by atoms with van der Waals surface area (Å²) < 4.78 is 5.31. The highest BCUT2D eigenvalue weighted by atomic mass is 16.3. The van der Waals surface area contributed by atoms with E-state index in [0.717, 1.165) is 0 Å². The highest BCUT2D eigenvalue weighted by Gasteiger charge is 2.13. The predicted octanol–water partition coefficient (Wildman–Crippen LogP) is 2.12. The summed E-state index contributed by atoms with van der Waals surface area (Å²) in [4.78, 5) is 22.2. The lowest BCUT2D eigenvalue weighted by Crippen LogP contribution is -2.18. The number of benzene rings is 1. The first kappa shape index (κ1) is 11.1. The molecule has 0 spiro atoms. The molecule has 2 rings (SSSR count). The molecule has 4 nitrogen and oxygen atoms in total. The van der Waals surface area contributed by atoms with Crippen LogP contribution >= 0.6 is 0 Å². The highest BCUT2D eigenvalue weighted by molar-refractivity contribution is 6.00. The summed E-state index contributed by atoms with van der Waals surface area (Å²) in [6.45, 7) is 0. The first-order valence-corrected chi connectivity index (χ1v) is 5.12. The van der Waals surface area contributed by atoms with Crippen molar-refractivity contribution < 1.29 is 14.0 Å². The van der Waals surface area contributed by atoms with Gasteiger partial charge < -0.3 is 9.73 Å². The number of amides is 1. The number of aldehydes is 1. The number of carbonyl (C=O) groups is 2. The van der Waals surface area contributed by atoms with E-state index in [2.05, 4.69) is 5.32 Å². The van der Waals surface area contributed by atoms with Crippen LogP contribution in [-0.2, 0) is 0 Å². The molecule has 0 saturated heterocycles. The smallest absolute Gasteiger partial charge is 0.251 e. The van der Waals surface area contributed by atoms with E-state index in [-0.39, 0.29) is 11.7 Å². The number of rotatable bonds is 3. The molecule has 0 saturated carbocycles. The number of hydrogen-bond acceptors (Lipinski definition) is 3. The van der Waals surface area contributed by atoms with Gasteiger partial charge in [-0.05, 0) is 18.2 Å². The second kappa shape index (κ2) is 4.65. The second-order valence-electron chi connectivity index (χ2n) is 3.44. The molecule has 1 N–H and O–H groups in total. The van der Waals surface area contributed by atoms with Gasteiger partial charge in [0.05, 0.1) is 5.56 Å². The summed E-state index contributed by atoms with van der Waals surface area (Å²) in [6, 6.07) is 10.3. The van der Waals surface area contributed by atoms with Crippen molar-refractivity contribution in [2.24, 2.45) is 0 Å². The number of furan rings is 1. The van der Waals surface area contributed by atoms with Gasteiger partial charge in [-0.15, -0.1) is 0 Å². The Morgan fingerprint density at radius 1 is 1.24 bits per heavy atom. The number of carbonyl (C=O) groups excluding carboxylic acids is 2. The van der Waals surface area contributed by atoms with Gasteiger partial charge in [0, 0.05) is 12.6 Å². The summed E-state index contributed by atoms with van der Waals surface area (Å²) >= 11 is 0. The van der Waals surface area contributed by atoms with Crippen molar-refractivity contribution in [2.75, 3.05) is 7.05 Å². The molecule has 0 aliphatic heterocycles. The van der Waals surface area contributed by atoms with Crippen molar-refractivity contribution in [3.05, 3.63) is 47.7 Å². The predicted molar refractivity (Wildman–Crippen MR) is 62.9 cm³/mol. The minimum Gasteiger partial charge on any atom is -0.453 e. The summed E-state index contributed by atoms with van der Waals surface area (Å²) in [7, 11) is 1.57. The quantitative estimate of drug-likeness (QED) is 0.820. The Morgan fingerprint density at radius 3 is 2.65 bits per heavy atom. The molecular weight excluding hydrogens is 218 g/mol. The molecule has 4 heteroatoms. The third-order valence-corrected chi connectivity index (χ3v) is 2.41. The van der Waals surface area contributed by atoms with Gasteiger partial charge in [-0.25, -0.2) is 0 Å². The maximum atomic E-state index is 11.7. The molecule has 0 radical (unpaired) electrons. The van der Waals surface area contributed by atoms with E-state index >= 15 is 0 Å². The van der Waals surface area contributed by atoms with Crippen LogP contribution in [0.15, 0.2) is 40.8 Å². The topological polar surface area (TPSA) is 59.3 Å². The van der Waals surface area contributed by atoms with Gasteiger partial charge in [-0.3, -0.25) is 9.59 Å². The molecule has 0 unspecified atom stereocenters. The molecule has 1 aromatic heterocycles. The van der Waals surface area contributed by atoms with Gasteiger partial charge in [0.1, 0.15) is 5.76 Å². The first-order chi connectivity index (χ1) is 8.26. The summed E-state index contributed by atoms with van der Waals surface area (Å²) in [5.74, 6) is 0.558. The van der Waals surface area contributed by atoms with Crippen LogP contribution in [0.2, 0.25) is 0 Å². The third-order valence-electron chi connectivity index (χ3n) is 2.41. The zero-order chi connectivity index (χ0) is 12.3. The minimum absolute atomic E-state index is 0.190. The zero-order valence-corrected chi connectivity index (χ0v) is 9.27. The molecule has 0 fully saturated rings. The fraction of sp³-hybridized carbons (Fsp3) is 0.0769. The summed E-state index contributed by atoms with van der Waals surface area (Å²) in [5, 5.41) is 2.56. The van der Waals surface area contributed by atoms with E-state index in [9.17, 15) is 9.59 Å². The van der Waals surface area contributed by atoms with Crippen molar-refractivity contribution in [1.29, 1.82) is 0 Å². The maximum absolute atomic E-state index is 11.7. The van der Waals surface area contributed by atoms with E-state index in [0.29, 0.717) is 23.2 Å². The maximum Gasteiger partial charge on any atom is 0.251 e. The van der Waals surface area contributed by atoms with Crippen LogP contribution < -0.4 is 5.32 Å². The van der Waals surface area contributed by atoms with Crippen LogP contribution in [0.25, 0.3) is 11.3 Å². The van der Waals surface area contributed by atoms with Gasteiger partial charge in [0.15, 0.2) is 12.0 Å². The lowest BCUT2D eigenvalue weighted by atomic mass is 10.0. The van der Waals surface area contributed by atoms with Crippen molar-refractivity contribution >= 4 is 12.2 Å². The average molecular weight is 229 g/mol. The molecule has 0 bridgehead atoms. The minimum atomic E-state index is -0.190. The standard InChI is InChI=1S/C13H11NO3/c1-14-13(16)11-5-3-2-4-10(11)12-7-6-9(8-15)17-12/h2-8H,1H3,(H,14,16). The molecule has 1 heterocycles. The highest BCUT2D eigenvalue weighted by Crippen LogP contribution is 2.25. The van der Waals surface area contributed by atoms with Crippen molar-refractivity contribution in [3.63, 3.8) is 0 Å². The molecule has 2 aromatic rings. The fourth-order valence-electron chi connectivity index (χ4n) is 1.59. The van der Waals surface area contributed by atoms with Gasteiger partial charge in [-0.2, -0.15) is 0 Å². The van der Waals surface area contributed by atoms with Crippen molar-refractivity contribution in [2.45, 2.75) is 0 Å². The van der Waals surface area contributed by atoms with Crippen LogP contribution in [0.4, 0.5) is 0 Å². The molecule has 0 atom stereocenters. The Bertz CT molecular complexity index is 557. The van der Waals surface area contributed by atoms with E-state index in [1.165, 1.54) is 0 Å². The average Bonchev–Trinajstić information content (AvgIpc) is 2.86. The van der Waals surface area contributed by atoms with Crippen LogP contribution in [-0.4, -0.2) is 19.2 Å². The Balaban J connectivity index is 2.51. The fourth-order valence-corrected chi connectivity index (χ4v) is 1.59. The van der Waals surface area contributed by atoms with Crippen molar-refractivity contribution in [1.82, 2.24) is 5.32 Å². The van der Waals surface area contributed by atoms with Crippen LogP contribution in [0.1, 0.15) is 20.9 Å². The zero-order valence-electron chi connectivity index (χ0n) is 9.27. The number of nitrogens with one attached hydrogen (secondary N) is 1. The van der Waals surface area contributed by atoms with Crippen molar-refractivity contribution in [3.8, 4) is 11.3 Å². The molecule has 17 heavy (non-hydrogen) atoms. The summed E-state index contributed by atoms with van der Waals surface area (Å²) in [5.41, 5.74) is 1.18. The Labute approximate surface area is 98.3 Å². The molecular formula is C13H11NO3. The number of hydrogen-bond donors (Lipinski definition) is 1. The van der Waals surface area contributed by atoms with Gasteiger partial charge in [0.25, 0.3) is 5.91 Å². The second-order valence-corrected chi connectivity index (χ2v) is 3.44. The Hall–Kier alpha value is -2.36. The monoisotopic (exact) mass is 229 g/mol. The van der Waals surface area contributed by atoms with E-state index in [1.54, 1.807) is 37.4 Å². The van der Waals surface area contributed by atoms with E-state index < -0.39 is 0 Å². The molecule has 86 valence electrons. The van der Waals surface area contributed by atoms with Gasteiger partial charge >= 0.3 is 0 Å². The van der Waals surface area contributed by atoms with Crippen LogP contribution in [0.5, 0.6) is 0 Å². The van der Waals surface area contributed by atoms with Gasteiger partial charge in [-0.1, -0.05) is 18.2 Å². The Kier molecular flexibility index (Phi) is 3.05. The largest absolute Gasteiger partial charge is 0.453 e. The van der Waals surface area contributed by atoms with Crippen LogP contribution in [0, 0.1) is 0 Å². The van der Waals surface area contributed by atoms with E-state index in [1.807, 2.05) is 6.07 Å². The SMILES string of the molecule is CNC(=O)c1ccccc1-c1ccc(C=O)o1. The van der Waals surface area contributed by atoms with Gasteiger partial charge in [0.2, 0.25) is 0 Å². The molecule has 0 aliphatic carbocycles. The van der Waals surface area contributed by atoms with Crippen LogP contribution in [0.3, 0.4) is 0 Å². The summed E-state index contributed by atoms with van der Waals surface area (Å²) in [6.07, 6.45) is 0.631. The first-order valence-electron chi connectivity index (χ1n) is 5.12. The lowest BCUT2D eigenvalue weighted by molar-refractivity contribution is 0.0963. The molecule has 0 aliphatic rings.